The lowest BCUT2D eigenvalue weighted by Crippen LogP contribution is -2.46. The van der Waals surface area contributed by atoms with Crippen LogP contribution in [0.2, 0.25) is 0 Å². The second kappa shape index (κ2) is 19.1. The molecule has 4 aromatic carbocycles. The second-order valence-corrected chi connectivity index (χ2v) is 14.2. The van der Waals surface area contributed by atoms with Crippen molar-refractivity contribution >= 4 is 34.8 Å². The van der Waals surface area contributed by atoms with Crippen LogP contribution in [0, 0.1) is 0 Å². The van der Waals surface area contributed by atoms with Crippen molar-refractivity contribution in [1.29, 1.82) is 0 Å². The van der Waals surface area contributed by atoms with Crippen molar-refractivity contribution < 1.29 is 37.4 Å². The molecule has 0 unspecified atom stereocenters. The van der Waals surface area contributed by atoms with Gasteiger partial charge in [-0.1, -0.05) is 85.8 Å². The van der Waals surface area contributed by atoms with Gasteiger partial charge in [0.05, 0.1) is 57.6 Å². The Kier molecular flexibility index (Phi) is 13.5. The molecule has 0 radical (unpaired) electrons. The molecule has 0 saturated heterocycles. The van der Waals surface area contributed by atoms with E-state index in [0.29, 0.717) is 23.6 Å². The fourth-order valence-corrected chi connectivity index (χ4v) is 6.71. The van der Waals surface area contributed by atoms with Gasteiger partial charge in [-0.3, -0.25) is 9.59 Å². The molecule has 0 saturated carbocycles. The zero-order valence-corrected chi connectivity index (χ0v) is 33.6. The fraction of sp³-hybridized carbons (Fsp3) is 0.273. The molecular formula is C44H46F2N8O6. The number of carbonyl (C=O) groups is 4. The standard InChI is InChI=1S/C44H46F2N8O6/c1-5-19-53(39(55)24-49-42(57)59-3)25-37-48-23-36(51-37)34-18-17-32-20-31(15-16-33(32)21-34)28-11-13-29(14-12-28)35-22-47-38(50-35)26-54(27-44(2,45)46)41(56)40(52-43(58)60-4)30-9-7-6-8-10-30/h6-18,20-23,40H,5,19,24-27H2,1-4H3,(H,47,50)(H,48,51)(H,49,57)(H,52,58)/t40-/m1/s1. The number of nitrogens with one attached hydrogen (secondary N) is 4. The number of aromatic nitrogens is 4. The van der Waals surface area contributed by atoms with Gasteiger partial charge < -0.3 is 39.9 Å². The number of rotatable bonds is 16. The highest BCUT2D eigenvalue weighted by Gasteiger charge is 2.34. The summed E-state index contributed by atoms with van der Waals surface area (Å²) in [4.78, 5) is 68.1. The molecule has 0 spiro atoms. The van der Waals surface area contributed by atoms with Crippen LogP contribution in [-0.2, 0) is 32.2 Å². The molecule has 0 bridgehead atoms. The van der Waals surface area contributed by atoms with Crippen molar-refractivity contribution in [3.8, 4) is 33.6 Å². The van der Waals surface area contributed by atoms with Gasteiger partial charge in [0, 0.05) is 19.0 Å². The number of methoxy groups -OCH3 is 2. The second-order valence-electron chi connectivity index (χ2n) is 14.2. The third-order valence-corrected chi connectivity index (χ3v) is 9.64. The predicted octanol–water partition coefficient (Wildman–Crippen LogP) is 7.46. The van der Waals surface area contributed by atoms with E-state index in [0.717, 1.165) is 64.1 Å². The number of amides is 4. The molecule has 6 rings (SSSR count). The van der Waals surface area contributed by atoms with Crippen LogP contribution >= 0.6 is 0 Å². The molecule has 2 heterocycles. The Hall–Kier alpha value is -7.10. The van der Waals surface area contributed by atoms with Gasteiger partial charge in [-0.25, -0.2) is 28.3 Å². The van der Waals surface area contributed by atoms with E-state index in [-0.39, 0.29) is 31.4 Å². The van der Waals surface area contributed by atoms with Gasteiger partial charge in [0.15, 0.2) is 0 Å². The normalized spacial score (nSPS) is 11.8. The summed E-state index contributed by atoms with van der Waals surface area (Å²) in [7, 11) is 2.40. The number of ether oxygens (including phenoxy) is 2. The largest absolute Gasteiger partial charge is 0.453 e. The van der Waals surface area contributed by atoms with Gasteiger partial charge in [0.1, 0.15) is 24.2 Å². The number of hydrogen-bond donors (Lipinski definition) is 4. The molecule has 0 aliphatic heterocycles. The Labute approximate surface area is 345 Å². The molecule has 312 valence electrons. The summed E-state index contributed by atoms with van der Waals surface area (Å²) in [6.07, 6.45) is 2.52. The van der Waals surface area contributed by atoms with Gasteiger partial charge >= 0.3 is 12.2 Å². The van der Waals surface area contributed by atoms with Crippen LogP contribution in [0.5, 0.6) is 0 Å². The molecule has 2 aromatic heterocycles. The quantitative estimate of drug-likeness (QED) is 0.0779. The van der Waals surface area contributed by atoms with E-state index in [9.17, 15) is 28.0 Å². The highest BCUT2D eigenvalue weighted by Crippen LogP contribution is 2.30. The van der Waals surface area contributed by atoms with Crippen LogP contribution in [-0.4, -0.2) is 93.5 Å². The zero-order valence-electron chi connectivity index (χ0n) is 33.6. The number of halogens is 2. The lowest BCUT2D eigenvalue weighted by atomic mass is 9.98. The monoisotopic (exact) mass is 820 g/mol. The molecule has 0 aliphatic carbocycles. The Morgan fingerprint density at radius 3 is 1.88 bits per heavy atom. The van der Waals surface area contributed by atoms with E-state index in [4.69, 9.17) is 4.74 Å². The molecule has 14 nitrogen and oxygen atoms in total. The van der Waals surface area contributed by atoms with E-state index in [1.807, 2.05) is 55.5 Å². The first-order valence-electron chi connectivity index (χ1n) is 19.2. The Bertz CT molecular complexity index is 2430. The summed E-state index contributed by atoms with van der Waals surface area (Å²) in [5.74, 6) is -3.30. The first-order valence-corrected chi connectivity index (χ1v) is 19.2. The highest BCUT2D eigenvalue weighted by atomic mass is 19.3. The summed E-state index contributed by atoms with van der Waals surface area (Å²) in [5.41, 5.74) is 5.56. The van der Waals surface area contributed by atoms with Crippen molar-refractivity contribution in [3.05, 3.63) is 121 Å². The van der Waals surface area contributed by atoms with Crippen LogP contribution in [0.25, 0.3) is 44.4 Å². The number of nitrogens with zero attached hydrogens (tertiary/aromatic N) is 4. The molecule has 0 aliphatic rings. The van der Waals surface area contributed by atoms with Crippen LogP contribution in [0.1, 0.15) is 43.5 Å². The number of fused-ring (bicyclic) bond motifs is 1. The Morgan fingerprint density at radius 1 is 0.733 bits per heavy atom. The summed E-state index contributed by atoms with van der Waals surface area (Å²) in [5, 5.41) is 6.95. The first kappa shape index (κ1) is 42.5. The van der Waals surface area contributed by atoms with Crippen LogP contribution in [0.3, 0.4) is 0 Å². The van der Waals surface area contributed by atoms with E-state index < -0.39 is 36.6 Å². The summed E-state index contributed by atoms with van der Waals surface area (Å²) >= 11 is 0. The van der Waals surface area contributed by atoms with E-state index in [1.165, 1.54) is 7.11 Å². The average Bonchev–Trinajstić information content (AvgIpc) is 3.93. The van der Waals surface area contributed by atoms with Crippen molar-refractivity contribution in [2.24, 2.45) is 0 Å². The Morgan fingerprint density at radius 2 is 1.28 bits per heavy atom. The van der Waals surface area contributed by atoms with Crippen LogP contribution in [0.4, 0.5) is 18.4 Å². The molecular weight excluding hydrogens is 775 g/mol. The minimum Gasteiger partial charge on any atom is -0.453 e. The number of alkyl halides is 2. The third kappa shape index (κ3) is 10.9. The van der Waals surface area contributed by atoms with E-state index in [1.54, 1.807) is 47.6 Å². The number of imidazole rings is 2. The number of benzene rings is 4. The number of alkyl carbamates (subject to hydrolysis) is 2. The van der Waals surface area contributed by atoms with Gasteiger partial charge in [-0.05, 0) is 51.6 Å². The average molecular weight is 821 g/mol. The predicted molar refractivity (Wildman–Crippen MR) is 221 cm³/mol. The van der Waals surface area contributed by atoms with Crippen LogP contribution in [0.15, 0.2) is 103 Å². The number of H-pyrrole nitrogens is 2. The fourth-order valence-electron chi connectivity index (χ4n) is 6.71. The van der Waals surface area contributed by atoms with Gasteiger partial charge in [0.25, 0.3) is 11.8 Å². The first-order chi connectivity index (χ1) is 28.8. The molecule has 4 N–H and O–H groups in total. The third-order valence-electron chi connectivity index (χ3n) is 9.64. The number of hydrogen-bond acceptors (Lipinski definition) is 8. The maximum absolute atomic E-state index is 14.4. The highest BCUT2D eigenvalue weighted by molar-refractivity contribution is 5.91. The number of carbonyl (C=O) groups excluding carboxylic acids is 4. The molecule has 60 heavy (non-hydrogen) atoms. The zero-order chi connectivity index (χ0) is 42.8. The minimum absolute atomic E-state index is 0.171. The number of aromatic amines is 2. The Balaban J connectivity index is 1.13. The van der Waals surface area contributed by atoms with Crippen molar-refractivity contribution in [3.63, 3.8) is 0 Å². The topological polar surface area (TPSA) is 175 Å². The van der Waals surface area contributed by atoms with Crippen molar-refractivity contribution in [1.82, 2.24) is 40.4 Å². The van der Waals surface area contributed by atoms with Crippen LogP contribution < -0.4 is 10.6 Å². The smallest absolute Gasteiger partial charge is 0.407 e. The molecule has 16 heteroatoms. The molecule has 1 atom stereocenters. The van der Waals surface area contributed by atoms with Crippen molar-refractivity contribution in [2.75, 3.05) is 33.9 Å². The maximum atomic E-state index is 14.4. The minimum atomic E-state index is -3.23. The van der Waals surface area contributed by atoms with E-state index >= 15 is 0 Å². The maximum Gasteiger partial charge on any atom is 0.407 e. The lowest BCUT2D eigenvalue weighted by Gasteiger charge is -2.29. The van der Waals surface area contributed by atoms with Gasteiger partial charge in [-0.2, -0.15) is 0 Å². The van der Waals surface area contributed by atoms with Gasteiger partial charge in [-0.15, -0.1) is 0 Å². The molecule has 6 aromatic rings. The van der Waals surface area contributed by atoms with Gasteiger partial charge in [0.2, 0.25) is 5.91 Å². The molecule has 4 amide bonds. The van der Waals surface area contributed by atoms with E-state index in [2.05, 4.69) is 47.4 Å². The lowest BCUT2D eigenvalue weighted by molar-refractivity contribution is -0.139. The molecule has 0 fully saturated rings. The SMILES string of the molecule is CCCN(Cc1ncc(-c2ccc3cc(-c4ccc(-c5cnc(CN(CC(C)(F)F)C(=O)[C@H](NC(=O)OC)c6ccccc6)[nH]5)cc4)ccc3c2)[nH]1)C(=O)CNC(=O)OC. The summed E-state index contributed by atoms with van der Waals surface area (Å²) in [6.45, 7) is 2.13. The van der Waals surface area contributed by atoms with Crippen molar-refractivity contribution in [2.45, 2.75) is 45.3 Å². The summed E-state index contributed by atoms with van der Waals surface area (Å²) in [6, 6.07) is 27.2. The summed E-state index contributed by atoms with van der Waals surface area (Å²) < 4.78 is 38.1.